The molecular weight excluding hydrogens is 290 g/mol. The minimum Gasteiger partial charge on any atom is -0.207 e. The monoisotopic (exact) mass is 307 g/mol. The van der Waals surface area contributed by atoms with Gasteiger partial charge >= 0.3 is 0 Å². The maximum Gasteiger partial charge on any atom is 0.250 e. The van der Waals surface area contributed by atoms with E-state index in [2.05, 4.69) is 4.72 Å². The number of alkyl halides is 1. The van der Waals surface area contributed by atoms with Crippen molar-refractivity contribution in [2.75, 3.05) is 0 Å². The van der Waals surface area contributed by atoms with Crippen molar-refractivity contribution in [3.05, 3.63) is 17.0 Å². The smallest absolute Gasteiger partial charge is 0.207 e. The average Bonchev–Trinajstić information content (AvgIpc) is 2.77. The maximum atomic E-state index is 12.2. The van der Waals surface area contributed by atoms with Crippen molar-refractivity contribution < 1.29 is 8.42 Å². The fourth-order valence-electron chi connectivity index (χ4n) is 2.01. The van der Waals surface area contributed by atoms with Crippen molar-refractivity contribution in [2.45, 2.75) is 49.2 Å². The zero-order valence-corrected chi connectivity index (χ0v) is 13.1. The highest BCUT2D eigenvalue weighted by Crippen LogP contribution is 2.45. The Balaban J connectivity index is 2.13. The number of aryl methyl sites for hydroxylation is 1. The van der Waals surface area contributed by atoms with E-state index in [1.165, 1.54) is 11.3 Å². The summed E-state index contributed by atoms with van der Waals surface area (Å²) in [5.41, 5.74) is -0.181. The zero-order valence-electron chi connectivity index (χ0n) is 10.7. The summed E-state index contributed by atoms with van der Waals surface area (Å²) in [7, 11) is -3.39. The molecule has 0 aromatic carbocycles. The molecular formula is C12H18ClNO2S2. The van der Waals surface area contributed by atoms with Crippen LogP contribution in [0, 0.1) is 5.41 Å². The topological polar surface area (TPSA) is 46.2 Å². The SMILES string of the molecule is CCc1ccc(S(=O)(=O)NC2CC(Cl)C2(C)C)s1. The summed E-state index contributed by atoms with van der Waals surface area (Å²) in [6, 6.07) is 3.47. The van der Waals surface area contributed by atoms with Crippen molar-refractivity contribution in [3.8, 4) is 0 Å². The lowest BCUT2D eigenvalue weighted by Crippen LogP contribution is -2.59. The number of nitrogens with one attached hydrogen (secondary N) is 1. The Morgan fingerprint density at radius 1 is 1.50 bits per heavy atom. The minimum absolute atomic E-state index is 0.0414. The van der Waals surface area contributed by atoms with E-state index in [4.69, 9.17) is 11.6 Å². The second-order valence-corrected chi connectivity index (χ2v) is 8.91. The van der Waals surface area contributed by atoms with E-state index in [1.807, 2.05) is 26.8 Å². The van der Waals surface area contributed by atoms with Crippen LogP contribution in [0.15, 0.2) is 16.3 Å². The van der Waals surface area contributed by atoms with Crippen LogP contribution >= 0.6 is 22.9 Å². The number of rotatable bonds is 4. The first kappa shape index (κ1) is 14.3. The molecule has 1 heterocycles. The summed E-state index contributed by atoms with van der Waals surface area (Å²) in [5.74, 6) is 0. The summed E-state index contributed by atoms with van der Waals surface area (Å²) in [4.78, 5) is 1.08. The molecule has 1 fully saturated rings. The highest BCUT2D eigenvalue weighted by Gasteiger charge is 2.48. The molecule has 18 heavy (non-hydrogen) atoms. The third-order valence-electron chi connectivity index (χ3n) is 3.70. The van der Waals surface area contributed by atoms with Crippen molar-refractivity contribution in [2.24, 2.45) is 5.41 Å². The number of sulfonamides is 1. The first-order valence-electron chi connectivity index (χ1n) is 6.02. The van der Waals surface area contributed by atoms with E-state index in [1.54, 1.807) is 6.07 Å². The van der Waals surface area contributed by atoms with Crippen molar-refractivity contribution in [1.82, 2.24) is 4.72 Å². The van der Waals surface area contributed by atoms with Crippen LogP contribution in [0.4, 0.5) is 0 Å². The number of hydrogen-bond donors (Lipinski definition) is 1. The Morgan fingerprint density at radius 2 is 2.17 bits per heavy atom. The van der Waals surface area contributed by atoms with Gasteiger partial charge in [0.05, 0.1) is 0 Å². The molecule has 0 radical (unpaired) electrons. The lowest BCUT2D eigenvalue weighted by atomic mass is 9.67. The van der Waals surface area contributed by atoms with Gasteiger partial charge in [-0.05, 0) is 30.4 Å². The van der Waals surface area contributed by atoms with Crippen LogP contribution < -0.4 is 4.72 Å². The highest BCUT2D eigenvalue weighted by atomic mass is 35.5. The summed E-state index contributed by atoms with van der Waals surface area (Å²) >= 11 is 7.44. The van der Waals surface area contributed by atoms with Gasteiger partial charge in [0.1, 0.15) is 4.21 Å². The van der Waals surface area contributed by atoms with Crippen LogP contribution in [-0.4, -0.2) is 19.8 Å². The maximum absolute atomic E-state index is 12.2. The van der Waals surface area contributed by atoms with Gasteiger partial charge in [-0.25, -0.2) is 13.1 Å². The molecule has 0 spiro atoms. The number of thiophene rings is 1. The molecule has 2 atom stereocenters. The largest absolute Gasteiger partial charge is 0.250 e. The van der Waals surface area contributed by atoms with Gasteiger partial charge in [-0.3, -0.25) is 0 Å². The summed E-state index contributed by atoms with van der Waals surface area (Å²) < 4.78 is 27.6. The Morgan fingerprint density at radius 3 is 2.61 bits per heavy atom. The molecule has 3 nitrogen and oxygen atoms in total. The molecule has 0 bridgehead atoms. The van der Waals surface area contributed by atoms with Gasteiger partial charge in [0.15, 0.2) is 0 Å². The van der Waals surface area contributed by atoms with Crippen LogP contribution in [0.1, 0.15) is 32.1 Å². The molecule has 1 N–H and O–H groups in total. The molecule has 1 saturated carbocycles. The van der Waals surface area contributed by atoms with Crippen molar-refractivity contribution >= 4 is 33.0 Å². The highest BCUT2D eigenvalue weighted by molar-refractivity contribution is 7.91. The average molecular weight is 308 g/mol. The van der Waals surface area contributed by atoms with Crippen molar-refractivity contribution in [3.63, 3.8) is 0 Å². The Hall–Kier alpha value is -0.100. The van der Waals surface area contributed by atoms with E-state index in [0.717, 1.165) is 11.3 Å². The molecule has 2 unspecified atom stereocenters. The van der Waals surface area contributed by atoms with Crippen molar-refractivity contribution in [1.29, 1.82) is 0 Å². The van der Waals surface area contributed by atoms with Gasteiger partial charge in [-0.2, -0.15) is 0 Å². The molecule has 6 heteroatoms. The summed E-state index contributed by atoms with van der Waals surface area (Å²) in [5, 5.41) is 0.0414. The molecule has 0 aliphatic heterocycles. The molecule has 0 saturated heterocycles. The van der Waals surface area contributed by atoms with E-state index in [9.17, 15) is 8.42 Å². The number of halogens is 1. The normalized spacial score (nSPS) is 26.9. The fraction of sp³-hybridized carbons (Fsp3) is 0.667. The van der Waals surface area contributed by atoms with Crippen LogP contribution in [0.3, 0.4) is 0 Å². The second-order valence-electron chi connectivity index (χ2n) is 5.27. The second kappa shape index (κ2) is 4.78. The Bertz CT molecular complexity index is 536. The van der Waals surface area contributed by atoms with Gasteiger partial charge in [0, 0.05) is 16.3 Å². The van der Waals surface area contributed by atoms with E-state index >= 15 is 0 Å². The van der Waals surface area contributed by atoms with Crippen LogP contribution in [0.25, 0.3) is 0 Å². The van der Waals surface area contributed by atoms with Gasteiger partial charge in [-0.15, -0.1) is 22.9 Å². The summed E-state index contributed by atoms with van der Waals surface area (Å²) in [6.45, 7) is 6.00. The lowest BCUT2D eigenvalue weighted by molar-refractivity contribution is 0.137. The van der Waals surface area contributed by atoms with Crippen LogP contribution in [0.2, 0.25) is 0 Å². The van der Waals surface area contributed by atoms with E-state index in [-0.39, 0.29) is 16.8 Å². The molecule has 102 valence electrons. The minimum atomic E-state index is -3.39. The first-order valence-corrected chi connectivity index (χ1v) is 8.76. The van der Waals surface area contributed by atoms with Crippen LogP contribution in [0.5, 0.6) is 0 Å². The Labute approximate surface area is 118 Å². The molecule has 1 aliphatic rings. The fourth-order valence-corrected chi connectivity index (χ4v) is 5.06. The van der Waals surface area contributed by atoms with E-state index in [0.29, 0.717) is 10.6 Å². The molecule has 1 aliphatic carbocycles. The standard InChI is InChI=1S/C12H18ClNO2S2/c1-4-8-5-6-11(17-8)18(15,16)14-10-7-9(13)12(10,2)3/h5-6,9-10,14H,4,7H2,1-3H3. The number of hydrogen-bond acceptors (Lipinski definition) is 3. The van der Waals surface area contributed by atoms with Gasteiger partial charge in [0.25, 0.3) is 0 Å². The van der Waals surface area contributed by atoms with Gasteiger partial charge < -0.3 is 0 Å². The molecule has 1 aromatic heterocycles. The Kier molecular flexibility index (Phi) is 3.80. The van der Waals surface area contributed by atoms with Gasteiger partial charge in [-0.1, -0.05) is 20.8 Å². The zero-order chi connectivity index (χ0) is 13.6. The lowest BCUT2D eigenvalue weighted by Gasteiger charge is -2.48. The molecule has 1 aromatic rings. The summed E-state index contributed by atoms with van der Waals surface area (Å²) in [6.07, 6.45) is 1.55. The van der Waals surface area contributed by atoms with Crippen LogP contribution in [-0.2, 0) is 16.4 Å². The third-order valence-corrected chi connectivity index (χ3v) is 7.63. The molecule has 2 rings (SSSR count). The third kappa shape index (κ3) is 2.46. The first-order chi connectivity index (χ1) is 8.27. The molecule has 0 amide bonds. The predicted octanol–water partition coefficient (Wildman–Crippen LogP) is 2.99. The quantitative estimate of drug-likeness (QED) is 0.869. The van der Waals surface area contributed by atoms with Gasteiger partial charge in [0.2, 0.25) is 10.0 Å². The predicted molar refractivity (Wildman–Crippen MR) is 75.8 cm³/mol. The van der Waals surface area contributed by atoms with E-state index < -0.39 is 10.0 Å².